The van der Waals surface area contributed by atoms with Gasteiger partial charge in [0.25, 0.3) is 0 Å². The maximum atomic E-state index is 12.1. The van der Waals surface area contributed by atoms with Crippen LogP contribution in [0, 0.1) is 22.7 Å². The summed E-state index contributed by atoms with van der Waals surface area (Å²) in [5.41, 5.74) is 0. The van der Waals surface area contributed by atoms with E-state index in [2.05, 4.69) is 6.92 Å². The molecule has 6 heteroatoms. The zero-order valence-corrected chi connectivity index (χ0v) is 12.5. The van der Waals surface area contributed by atoms with Crippen molar-refractivity contribution in [2.24, 2.45) is 0 Å². The molecule has 0 aromatic carbocycles. The third-order valence-electron chi connectivity index (χ3n) is 2.85. The maximum Gasteiger partial charge on any atom is 0.214 e. The molecule has 0 bridgehead atoms. The highest BCUT2D eigenvalue weighted by Crippen LogP contribution is 2.09. The van der Waals surface area contributed by atoms with Crippen LogP contribution in [-0.2, 0) is 10.0 Å². The molecule has 0 saturated carbocycles. The Labute approximate surface area is 116 Å². The van der Waals surface area contributed by atoms with Crippen molar-refractivity contribution in [2.45, 2.75) is 51.9 Å². The van der Waals surface area contributed by atoms with E-state index in [0.29, 0.717) is 6.42 Å². The summed E-state index contributed by atoms with van der Waals surface area (Å²) in [6.45, 7) is 2.49. The van der Waals surface area contributed by atoms with E-state index in [9.17, 15) is 8.42 Å². The van der Waals surface area contributed by atoms with E-state index >= 15 is 0 Å². The van der Waals surface area contributed by atoms with Gasteiger partial charge in [-0.1, -0.05) is 32.6 Å². The van der Waals surface area contributed by atoms with Gasteiger partial charge in [0.15, 0.2) is 0 Å². The SMILES string of the molecule is CCCCCCCS(=O)(=O)N(CCC#N)CCC#N. The topological polar surface area (TPSA) is 85.0 Å². The standard InChI is InChI=1S/C13H23N3O2S/c1-2-3-4-5-6-13-19(17,18)16(11-7-9-14)12-8-10-15/h2-8,11-13H2,1H3. The number of hydrogen-bond acceptors (Lipinski definition) is 4. The fraction of sp³-hybridized carbons (Fsp3) is 0.846. The Hall–Kier alpha value is -1.11. The van der Waals surface area contributed by atoms with Gasteiger partial charge in [0.05, 0.1) is 17.9 Å². The predicted octanol–water partition coefficient (Wildman–Crippen LogP) is 2.42. The molecule has 19 heavy (non-hydrogen) atoms. The number of nitriles is 2. The molecule has 0 aliphatic carbocycles. The molecule has 0 unspecified atom stereocenters. The molecule has 0 fully saturated rings. The van der Waals surface area contributed by atoms with E-state index in [1.165, 1.54) is 4.31 Å². The second-order valence-corrected chi connectivity index (χ2v) is 6.53. The van der Waals surface area contributed by atoms with Gasteiger partial charge in [-0.3, -0.25) is 0 Å². The van der Waals surface area contributed by atoms with Crippen LogP contribution < -0.4 is 0 Å². The highest BCUT2D eigenvalue weighted by Gasteiger charge is 2.20. The Balaban J connectivity index is 4.27. The first kappa shape index (κ1) is 17.9. The number of unbranched alkanes of at least 4 members (excludes halogenated alkanes) is 4. The van der Waals surface area contributed by atoms with Crippen molar-refractivity contribution in [3.63, 3.8) is 0 Å². The third kappa shape index (κ3) is 8.58. The van der Waals surface area contributed by atoms with Crippen molar-refractivity contribution in [3.8, 4) is 12.1 Å². The van der Waals surface area contributed by atoms with Gasteiger partial charge in [-0.2, -0.15) is 14.8 Å². The summed E-state index contributed by atoms with van der Waals surface area (Å²) >= 11 is 0. The summed E-state index contributed by atoms with van der Waals surface area (Å²) in [5, 5.41) is 17.1. The lowest BCUT2D eigenvalue weighted by Crippen LogP contribution is -2.34. The van der Waals surface area contributed by atoms with E-state index in [0.717, 1.165) is 25.7 Å². The molecule has 0 atom stereocenters. The van der Waals surface area contributed by atoms with Gasteiger partial charge in [0, 0.05) is 25.9 Å². The molecule has 0 heterocycles. The lowest BCUT2D eigenvalue weighted by Gasteiger charge is -2.19. The minimum absolute atomic E-state index is 0.119. The van der Waals surface area contributed by atoms with Crippen molar-refractivity contribution in [3.05, 3.63) is 0 Å². The molecule has 0 saturated heterocycles. The molecular weight excluding hydrogens is 262 g/mol. The van der Waals surface area contributed by atoms with E-state index < -0.39 is 10.0 Å². The quantitative estimate of drug-likeness (QED) is 0.546. The van der Waals surface area contributed by atoms with E-state index in [1.807, 2.05) is 12.1 Å². The number of rotatable bonds is 11. The van der Waals surface area contributed by atoms with Crippen LogP contribution >= 0.6 is 0 Å². The summed E-state index contributed by atoms with van der Waals surface area (Å²) in [4.78, 5) is 0. The van der Waals surface area contributed by atoms with Crippen molar-refractivity contribution in [2.75, 3.05) is 18.8 Å². The van der Waals surface area contributed by atoms with Gasteiger partial charge in [-0.05, 0) is 6.42 Å². The van der Waals surface area contributed by atoms with E-state index in [-0.39, 0.29) is 31.7 Å². The van der Waals surface area contributed by atoms with Crippen molar-refractivity contribution < 1.29 is 8.42 Å². The monoisotopic (exact) mass is 285 g/mol. The molecular formula is C13H23N3O2S. The van der Waals surface area contributed by atoms with Gasteiger partial charge in [0.1, 0.15) is 0 Å². The van der Waals surface area contributed by atoms with Gasteiger partial charge >= 0.3 is 0 Å². The molecule has 0 aromatic heterocycles. The smallest absolute Gasteiger partial charge is 0.212 e. The van der Waals surface area contributed by atoms with Gasteiger partial charge in [0.2, 0.25) is 10.0 Å². The third-order valence-corrected chi connectivity index (χ3v) is 4.80. The zero-order valence-electron chi connectivity index (χ0n) is 11.6. The normalized spacial score (nSPS) is 11.2. The summed E-state index contributed by atoms with van der Waals surface area (Å²) in [6.07, 6.45) is 5.22. The molecule has 0 rings (SSSR count). The number of hydrogen-bond donors (Lipinski definition) is 0. The first-order valence-electron chi connectivity index (χ1n) is 6.80. The van der Waals surface area contributed by atoms with Crippen LogP contribution in [0.2, 0.25) is 0 Å². The largest absolute Gasteiger partial charge is 0.214 e. The maximum absolute atomic E-state index is 12.1. The second kappa shape index (κ2) is 10.8. The van der Waals surface area contributed by atoms with Crippen molar-refractivity contribution in [1.29, 1.82) is 10.5 Å². The minimum atomic E-state index is -3.32. The molecule has 108 valence electrons. The van der Waals surface area contributed by atoms with Crippen LogP contribution in [0.5, 0.6) is 0 Å². The summed E-state index contributed by atoms with van der Waals surface area (Å²) in [6, 6.07) is 3.88. The zero-order chi connectivity index (χ0) is 14.6. The fourth-order valence-electron chi connectivity index (χ4n) is 1.76. The van der Waals surface area contributed by atoms with E-state index in [4.69, 9.17) is 10.5 Å². The molecule has 0 radical (unpaired) electrons. The van der Waals surface area contributed by atoms with Crippen LogP contribution in [0.25, 0.3) is 0 Å². The first-order valence-corrected chi connectivity index (χ1v) is 8.41. The Kier molecular flexibility index (Phi) is 10.1. The second-order valence-electron chi connectivity index (χ2n) is 4.45. The minimum Gasteiger partial charge on any atom is -0.212 e. The van der Waals surface area contributed by atoms with Crippen LogP contribution in [-0.4, -0.2) is 31.6 Å². The van der Waals surface area contributed by atoms with E-state index in [1.54, 1.807) is 0 Å². The van der Waals surface area contributed by atoms with Crippen LogP contribution in [0.4, 0.5) is 0 Å². The molecule has 0 spiro atoms. The highest BCUT2D eigenvalue weighted by atomic mass is 32.2. The highest BCUT2D eigenvalue weighted by molar-refractivity contribution is 7.89. The molecule has 0 aromatic rings. The fourth-order valence-corrected chi connectivity index (χ4v) is 3.32. The van der Waals surface area contributed by atoms with Crippen LogP contribution in [0.3, 0.4) is 0 Å². The molecule has 0 amide bonds. The lowest BCUT2D eigenvalue weighted by atomic mass is 10.2. The summed E-state index contributed by atoms with van der Waals surface area (Å²) in [7, 11) is -3.32. The van der Waals surface area contributed by atoms with Crippen molar-refractivity contribution >= 4 is 10.0 Å². The Morgan fingerprint density at radius 3 is 1.95 bits per heavy atom. The molecule has 0 aliphatic rings. The number of nitrogens with zero attached hydrogens (tertiary/aromatic N) is 3. The summed E-state index contributed by atoms with van der Waals surface area (Å²) < 4.78 is 25.4. The Morgan fingerprint density at radius 2 is 1.47 bits per heavy atom. The van der Waals surface area contributed by atoms with Crippen molar-refractivity contribution in [1.82, 2.24) is 4.31 Å². The van der Waals surface area contributed by atoms with Crippen LogP contribution in [0.1, 0.15) is 51.9 Å². The number of sulfonamides is 1. The average Bonchev–Trinajstić information content (AvgIpc) is 2.38. The average molecular weight is 285 g/mol. The van der Waals surface area contributed by atoms with Gasteiger partial charge in [-0.25, -0.2) is 8.42 Å². The first-order chi connectivity index (χ1) is 9.08. The predicted molar refractivity (Wildman–Crippen MR) is 74.6 cm³/mol. The Morgan fingerprint density at radius 1 is 0.947 bits per heavy atom. The van der Waals surface area contributed by atoms with Gasteiger partial charge < -0.3 is 0 Å². The van der Waals surface area contributed by atoms with Gasteiger partial charge in [-0.15, -0.1) is 0 Å². The Bertz CT molecular complexity index is 389. The molecule has 0 aliphatic heterocycles. The molecule has 0 N–H and O–H groups in total. The summed E-state index contributed by atoms with van der Waals surface area (Å²) in [5.74, 6) is 0.119. The van der Waals surface area contributed by atoms with Crippen LogP contribution in [0.15, 0.2) is 0 Å². The lowest BCUT2D eigenvalue weighted by molar-refractivity contribution is 0.423. The molecule has 5 nitrogen and oxygen atoms in total.